The van der Waals surface area contributed by atoms with E-state index >= 15 is 0 Å². The summed E-state index contributed by atoms with van der Waals surface area (Å²) in [6, 6.07) is 2.93. The third kappa shape index (κ3) is 4.83. The van der Waals surface area contributed by atoms with E-state index in [1.54, 1.807) is 20.9 Å². The Labute approximate surface area is 150 Å². The molecule has 0 atom stereocenters. The number of hydrogen-bond donors (Lipinski definition) is 1. The summed E-state index contributed by atoms with van der Waals surface area (Å²) in [7, 11) is -2.45. The van der Waals surface area contributed by atoms with Crippen LogP contribution in [0, 0.1) is 12.7 Å². The number of sulfonamides is 1. The maximum absolute atomic E-state index is 14.0. The molecule has 1 N–H and O–H groups in total. The highest BCUT2D eigenvalue weighted by atomic mass is 32.2. The van der Waals surface area contributed by atoms with Gasteiger partial charge in [-0.05, 0) is 39.0 Å². The first-order valence-corrected chi connectivity index (χ1v) is 9.95. The minimum Gasteiger partial charge on any atom is -0.336 e. The van der Waals surface area contributed by atoms with Crippen LogP contribution in [0.4, 0.5) is 4.39 Å². The van der Waals surface area contributed by atoms with Crippen molar-refractivity contribution in [3.05, 3.63) is 45.7 Å². The van der Waals surface area contributed by atoms with Gasteiger partial charge in [-0.25, -0.2) is 22.5 Å². The number of carbonyl (C=O) groups excluding carboxylic acids is 1. The van der Waals surface area contributed by atoms with Gasteiger partial charge < -0.3 is 4.90 Å². The van der Waals surface area contributed by atoms with Crippen LogP contribution in [-0.4, -0.2) is 37.3 Å². The van der Waals surface area contributed by atoms with Gasteiger partial charge in [-0.2, -0.15) is 0 Å². The molecular formula is C16H20FN3O3S2. The third-order valence-electron chi connectivity index (χ3n) is 3.27. The Hall–Kier alpha value is -1.84. The lowest BCUT2D eigenvalue weighted by molar-refractivity contribution is 0.0783. The number of nitrogens with one attached hydrogen (secondary N) is 1. The maximum Gasteiger partial charge on any atom is 0.253 e. The molecule has 1 amide bonds. The predicted molar refractivity (Wildman–Crippen MR) is 94.5 cm³/mol. The minimum atomic E-state index is -4.03. The van der Waals surface area contributed by atoms with E-state index in [-0.39, 0.29) is 18.2 Å². The molecule has 6 nitrogen and oxygen atoms in total. The molecule has 0 bridgehead atoms. The summed E-state index contributed by atoms with van der Waals surface area (Å²) in [4.78, 5) is 17.7. The molecule has 0 saturated carbocycles. The average Bonchev–Trinajstić information content (AvgIpc) is 2.90. The molecule has 1 heterocycles. The molecule has 0 unspecified atom stereocenters. The van der Waals surface area contributed by atoms with Crippen LogP contribution in [0.25, 0.3) is 0 Å². The summed E-state index contributed by atoms with van der Waals surface area (Å²) < 4.78 is 40.7. The van der Waals surface area contributed by atoms with Gasteiger partial charge in [0.2, 0.25) is 10.0 Å². The summed E-state index contributed by atoms with van der Waals surface area (Å²) in [6.45, 7) is 5.42. The highest BCUT2D eigenvalue weighted by Gasteiger charge is 2.23. The van der Waals surface area contributed by atoms with Crippen LogP contribution in [0.3, 0.4) is 0 Å². The zero-order valence-electron chi connectivity index (χ0n) is 14.4. The zero-order chi connectivity index (χ0) is 18.8. The van der Waals surface area contributed by atoms with Crippen LogP contribution in [0.2, 0.25) is 0 Å². The number of nitrogens with zero attached hydrogens (tertiary/aromatic N) is 2. The summed E-state index contributed by atoms with van der Waals surface area (Å²) in [5.41, 5.74) is 0.842. The lowest BCUT2D eigenvalue weighted by Gasteiger charge is -2.17. The van der Waals surface area contributed by atoms with Crippen molar-refractivity contribution in [2.24, 2.45) is 0 Å². The molecule has 0 aliphatic carbocycles. The van der Waals surface area contributed by atoms with Gasteiger partial charge in [-0.1, -0.05) is 0 Å². The van der Waals surface area contributed by atoms with Crippen molar-refractivity contribution in [3.8, 4) is 0 Å². The minimum absolute atomic E-state index is 0.0972. The van der Waals surface area contributed by atoms with Crippen LogP contribution in [0.15, 0.2) is 28.5 Å². The number of amides is 1. The predicted octanol–water partition coefficient (Wildman–Crippen LogP) is 2.55. The first kappa shape index (κ1) is 19.5. The standard InChI is InChI=1S/C16H20FN3O3S2/c1-10(2)19-25(22,23)15-7-12(5-6-14(15)17)16(21)20(4)8-13-9-24-11(3)18-13/h5-7,9-10,19H,8H2,1-4H3. The van der Waals surface area contributed by atoms with Crippen molar-refractivity contribution in [3.63, 3.8) is 0 Å². The Kier molecular flexibility index (Phi) is 5.91. The lowest BCUT2D eigenvalue weighted by Crippen LogP contribution is -2.31. The maximum atomic E-state index is 14.0. The number of aromatic nitrogens is 1. The van der Waals surface area contributed by atoms with Crippen LogP contribution in [0.1, 0.15) is 34.9 Å². The summed E-state index contributed by atoms with van der Waals surface area (Å²) in [6.07, 6.45) is 0. The normalized spacial score (nSPS) is 11.8. The Morgan fingerprint density at radius 2 is 2.08 bits per heavy atom. The Morgan fingerprint density at radius 1 is 1.40 bits per heavy atom. The van der Waals surface area contributed by atoms with Crippen molar-refractivity contribution in [2.45, 2.75) is 38.3 Å². The van der Waals surface area contributed by atoms with E-state index < -0.39 is 26.6 Å². The first-order valence-electron chi connectivity index (χ1n) is 7.58. The molecule has 0 radical (unpaired) electrons. The van der Waals surface area contributed by atoms with E-state index in [1.807, 2.05) is 12.3 Å². The SMILES string of the molecule is Cc1nc(CN(C)C(=O)c2ccc(F)c(S(=O)(=O)NC(C)C)c2)cs1. The van der Waals surface area contributed by atoms with Gasteiger partial charge in [-0.15, -0.1) is 11.3 Å². The molecule has 2 aromatic rings. The molecule has 1 aromatic heterocycles. The number of aryl methyl sites for hydroxylation is 1. The van der Waals surface area contributed by atoms with Gasteiger partial charge >= 0.3 is 0 Å². The van der Waals surface area contributed by atoms with E-state index in [1.165, 1.54) is 22.3 Å². The number of carbonyl (C=O) groups is 1. The van der Waals surface area contributed by atoms with E-state index in [0.29, 0.717) is 0 Å². The van der Waals surface area contributed by atoms with Gasteiger partial charge in [0.15, 0.2) is 0 Å². The molecule has 0 fully saturated rings. The van der Waals surface area contributed by atoms with Crippen molar-refractivity contribution in [2.75, 3.05) is 7.05 Å². The summed E-state index contributed by atoms with van der Waals surface area (Å²) >= 11 is 1.48. The summed E-state index contributed by atoms with van der Waals surface area (Å²) in [5, 5.41) is 2.75. The van der Waals surface area contributed by atoms with Crippen molar-refractivity contribution < 1.29 is 17.6 Å². The van der Waals surface area contributed by atoms with Gasteiger partial charge in [-0.3, -0.25) is 4.79 Å². The summed E-state index contributed by atoms with van der Waals surface area (Å²) in [5.74, 6) is -1.31. The third-order valence-corrected chi connectivity index (χ3v) is 5.77. The Balaban J connectivity index is 2.27. The number of halogens is 1. The Bertz CT molecular complexity index is 879. The van der Waals surface area contributed by atoms with Crippen molar-refractivity contribution in [1.29, 1.82) is 0 Å². The smallest absolute Gasteiger partial charge is 0.253 e. The molecule has 25 heavy (non-hydrogen) atoms. The van der Waals surface area contributed by atoms with Gasteiger partial charge in [0.05, 0.1) is 17.2 Å². The number of benzene rings is 1. The molecule has 0 spiro atoms. The monoisotopic (exact) mass is 385 g/mol. The van der Waals surface area contributed by atoms with Gasteiger partial charge in [0, 0.05) is 24.0 Å². The number of hydrogen-bond acceptors (Lipinski definition) is 5. The molecule has 0 aliphatic heterocycles. The molecular weight excluding hydrogens is 365 g/mol. The highest BCUT2D eigenvalue weighted by molar-refractivity contribution is 7.89. The largest absolute Gasteiger partial charge is 0.336 e. The Morgan fingerprint density at radius 3 is 2.64 bits per heavy atom. The fourth-order valence-electron chi connectivity index (χ4n) is 2.23. The zero-order valence-corrected chi connectivity index (χ0v) is 16.0. The van der Waals surface area contributed by atoms with E-state index in [0.717, 1.165) is 22.8 Å². The van der Waals surface area contributed by atoms with Crippen LogP contribution < -0.4 is 4.72 Å². The van der Waals surface area contributed by atoms with Gasteiger partial charge in [0.25, 0.3) is 5.91 Å². The molecule has 1 aromatic carbocycles. The fraction of sp³-hybridized carbons (Fsp3) is 0.375. The van der Waals surface area contributed by atoms with Gasteiger partial charge in [0.1, 0.15) is 10.7 Å². The molecule has 2 rings (SSSR count). The number of rotatable bonds is 6. The molecule has 0 saturated heterocycles. The second-order valence-electron chi connectivity index (χ2n) is 5.94. The topological polar surface area (TPSA) is 79.4 Å². The molecule has 136 valence electrons. The first-order chi connectivity index (χ1) is 11.6. The van der Waals surface area contributed by atoms with E-state index in [2.05, 4.69) is 9.71 Å². The second kappa shape index (κ2) is 7.59. The van der Waals surface area contributed by atoms with Crippen LogP contribution in [-0.2, 0) is 16.6 Å². The van der Waals surface area contributed by atoms with Crippen LogP contribution >= 0.6 is 11.3 Å². The highest BCUT2D eigenvalue weighted by Crippen LogP contribution is 2.19. The molecule has 9 heteroatoms. The van der Waals surface area contributed by atoms with Crippen molar-refractivity contribution >= 4 is 27.3 Å². The van der Waals surface area contributed by atoms with E-state index in [9.17, 15) is 17.6 Å². The lowest BCUT2D eigenvalue weighted by atomic mass is 10.2. The number of thiazole rings is 1. The average molecular weight is 385 g/mol. The molecule has 0 aliphatic rings. The van der Waals surface area contributed by atoms with Crippen LogP contribution in [0.5, 0.6) is 0 Å². The quantitative estimate of drug-likeness (QED) is 0.829. The second-order valence-corrected chi connectivity index (χ2v) is 8.68. The fourth-order valence-corrected chi connectivity index (χ4v) is 4.19. The van der Waals surface area contributed by atoms with E-state index in [4.69, 9.17) is 0 Å². The van der Waals surface area contributed by atoms with Crippen molar-refractivity contribution in [1.82, 2.24) is 14.6 Å².